The van der Waals surface area contributed by atoms with Gasteiger partial charge < -0.3 is 15.1 Å². The van der Waals surface area contributed by atoms with Gasteiger partial charge in [-0.3, -0.25) is 9.59 Å². The maximum atomic E-state index is 13.1. The standard InChI is InChI=1S/C30H32BrClF3N5O2/c1-4-40(5-2)15-14-39(3)19-20-6-9-22(10-7-20)28(41)37-27-13-11-23(31)17-24(27)29(42)38-36-18-21-8-12-26(32)25(16-21)30(33,34)35/h6-13,16-18H,4-5,14-15,19H2,1-3H3,(H,37,41)(H,38,42). The van der Waals surface area contributed by atoms with E-state index in [0.717, 1.165) is 56.6 Å². The summed E-state index contributed by atoms with van der Waals surface area (Å²) >= 11 is 8.96. The first kappa shape index (κ1) is 33.3. The van der Waals surface area contributed by atoms with Crippen molar-refractivity contribution in [3.63, 3.8) is 0 Å². The van der Waals surface area contributed by atoms with Crippen molar-refractivity contribution in [2.24, 2.45) is 5.10 Å². The van der Waals surface area contributed by atoms with Crippen LogP contribution in [0.1, 0.15) is 51.3 Å². The second-order valence-electron chi connectivity index (χ2n) is 9.54. The van der Waals surface area contributed by atoms with E-state index in [4.69, 9.17) is 11.6 Å². The molecule has 0 aliphatic carbocycles. The highest BCUT2D eigenvalue weighted by atomic mass is 79.9. The number of carbonyl (C=O) groups is 2. The highest BCUT2D eigenvalue weighted by Crippen LogP contribution is 2.34. The van der Waals surface area contributed by atoms with Crippen molar-refractivity contribution < 1.29 is 22.8 Å². The Labute approximate surface area is 256 Å². The molecular weight excluding hydrogens is 635 g/mol. The Kier molecular flexibility index (Phi) is 12.1. The van der Waals surface area contributed by atoms with Crippen LogP contribution in [0.4, 0.5) is 18.9 Å². The van der Waals surface area contributed by atoms with Crippen molar-refractivity contribution in [2.75, 3.05) is 38.5 Å². The van der Waals surface area contributed by atoms with Crippen LogP contribution in [0, 0.1) is 0 Å². The van der Waals surface area contributed by atoms with Crippen LogP contribution in [0.3, 0.4) is 0 Å². The number of hydrazone groups is 1. The predicted octanol–water partition coefficient (Wildman–Crippen LogP) is 6.91. The minimum atomic E-state index is -4.63. The van der Waals surface area contributed by atoms with Crippen molar-refractivity contribution in [2.45, 2.75) is 26.6 Å². The third-order valence-electron chi connectivity index (χ3n) is 6.51. The molecule has 0 unspecified atom stereocenters. The second-order valence-corrected chi connectivity index (χ2v) is 10.9. The van der Waals surface area contributed by atoms with Crippen LogP contribution >= 0.6 is 27.5 Å². The molecule has 3 aromatic carbocycles. The van der Waals surface area contributed by atoms with Crippen molar-refractivity contribution in [1.82, 2.24) is 15.2 Å². The lowest BCUT2D eigenvalue weighted by Crippen LogP contribution is -2.32. The molecule has 0 atom stereocenters. The number of nitrogens with one attached hydrogen (secondary N) is 2. The van der Waals surface area contributed by atoms with E-state index in [2.05, 4.69) is 62.5 Å². The molecule has 3 aromatic rings. The molecule has 0 saturated carbocycles. The maximum absolute atomic E-state index is 13.1. The fourth-order valence-electron chi connectivity index (χ4n) is 4.08. The van der Waals surface area contributed by atoms with E-state index < -0.39 is 28.6 Å². The number of halogens is 5. The number of rotatable bonds is 12. The van der Waals surface area contributed by atoms with Crippen LogP contribution in [-0.2, 0) is 12.7 Å². The molecule has 0 radical (unpaired) electrons. The minimum absolute atomic E-state index is 0.0910. The molecule has 0 heterocycles. The minimum Gasteiger partial charge on any atom is -0.321 e. The van der Waals surface area contributed by atoms with Crippen molar-refractivity contribution in [3.8, 4) is 0 Å². The van der Waals surface area contributed by atoms with Crippen molar-refractivity contribution in [3.05, 3.63) is 98.0 Å². The molecule has 2 N–H and O–H groups in total. The summed E-state index contributed by atoms with van der Waals surface area (Å²) in [5.74, 6) is -1.08. The number of amides is 2. The van der Waals surface area contributed by atoms with Crippen LogP contribution in [-0.4, -0.2) is 61.1 Å². The lowest BCUT2D eigenvalue weighted by atomic mass is 10.1. The monoisotopic (exact) mass is 665 g/mol. The van der Waals surface area contributed by atoms with Gasteiger partial charge in [0.2, 0.25) is 0 Å². The van der Waals surface area contributed by atoms with Crippen molar-refractivity contribution in [1.29, 1.82) is 0 Å². The summed E-state index contributed by atoms with van der Waals surface area (Å²) in [6.07, 6.45) is -3.56. The number of hydrogen-bond donors (Lipinski definition) is 2. The number of hydrogen-bond acceptors (Lipinski definition) is 5. The zero-order valence-corrected chi connectivity index (χ0v) is 25.8. The molecule has 0 aromatic heterocycles. The van der Waals surface area contributed by atoms with Crippen LogP contribution in [0.25, 0.3) is 0 Å². The first-order valence-electron chi connectivity index (χ1n) is 13.2. The van der Waals surface area contributed by atoms with Gasteiger partial charge in [-0.1, -0.05) is 59.6 Å². The maximum Gasteiger partial charge on any atom is 0.417 e. The summed E-state index contributed by atoms with van der Waals surface area (Å²) in [6.45, 7) is 8.97. The van der Waals surface area contributed by atoms with Gasteiger partial charge in [-0.25, -0.2) is 5.43 Å². The zero-order chi connectivity index (χ0) is 30.9. The Bertz CT molecular complexity index is 1410. The molecule has 42 heavy (non-hydrogen) atoms. The topological polar surface area (TPSA) is 77.0 Å². The summed E-state index contributed by atoms with van der Waals surface area (Å²) in [4.78, 5) is 30.5. The summed E-state index contributed by atoms with van der Waals surface area (Å²) in [5, 5.41) is 6.09. The third kappa shape index (κ3) is 9.65. The molecule has 0 spiro atoms. The van der Waals surface area contributed by atoms with Gasteiger partial charge in [0, 0.05) is 29.7 Å². The highest BCUT2D eigenvalue weighted by Gasteiger charge is 2.33. The molecule has 0 bridgehead atoms. The Balaban J connectivity index is 1.65. The first-order chi connectivity index (χ1) is 19.9. The van der Waals surface area contributed by atoms with E-state index in [1.54, 1.807) is 24.3 Å². The largest absolute Gasteiger partial charge is 0.417 e. The molecule has 0 aliphatic rings. The van der Waals surface area contributed by atoms with E-state index in [9.17, 15) is 22.8 Å². The first-order valence-corrected chi connectivity index (χ1v) is 14.4. The average Bonchev–Trinajstić information content (AvgIpc) is 2.95. The van der Waals surface area contributed by atoms with Gasteiger partial charge >= 0.3 is 6.18 Å². The van der Waals surface area contributed by atoms with E-state index in [0.29, 0.717) is 10.0 Å². The molecule has 0 aliphatic heterocycles. The molecule has 3 rings (SSSR count). The summed E-state index contributed by atoms with van der Waals surface area (Å²) < 4.78 is 39.9. The molecule has 224 valence electrons. The molecular formula is C30H32BrClF3N5O2. The third-order valence-corrected chi connectivity index (χ3v) is 7.33. The number of benzene rings is 3. The molecule has 7 nitrogen and oxygen atoms in total. The van der Waals surface area contributed by atoms with Crippen LogP contribution < -0.4 is 10.7 Å². The summed E-state index contributed by atoms with van der Waals surface area (Å²) in [5.41, 5.74) is 3.20. The van der Waals surface area contributed by atoms with Gasteiger partial charge in [0.05, 0.1) is 28.1 Å². The average molecular weight is 667 g/mol. The van der Waals surface area contributed by atoms with Gasteiger partial charge in [-0.2, -0.15) is 18.3 Å². The number of carbonyl (C=O) groups excluding carboxylic acids is 2. The second kappa shape index (κ2) is 15.3. The van der Waals surface area contributed by atoms with E-state index in [1.807, 2.05) is 12.1 Å². The van der Waals surface area contributed by atoms with Gasteiger partial charge in [0.1, 0.15) is 0 Å². The van der Waals surface area contributed by atoms with Gasteiger partial charge in [-0.15, -0.1) is 0 Å². The van der Waals surface area contributed by atoms with E-state index in [-0.39, 0.29) is 16.8 Å². The number of nitrogens with zero attached hydrogens (tertiary/aromatic N) is 3. The number of anilines is 1. The zero-order valence-electron chi connectivity index (χ0n) is 23.4. The Hall–Kier alpha value is -3.25. The lowest BCUT2D eigenvalue weighted by Gasteiger charge is -2.23. The Morgan fingerprint density at radius 3 is 2.31 bits per heavy atom. The summed E-state index contributed by atoms with van der Waals surface area (Å²) in [7, 11) is 2.06. The Morgan fingerprint density at radius 1 is 0.976 bits per heavy atom. The molecule has 0 saturated heterocycles. The molecule has 2 amide bonds. The van der Waals surface area contributed by atoms with Crippen LogP contribution in [0.15, 0.2) is 70.2 Å². The molecule has 0 fully saturated rings. The quantitative estimate of drug-likeness (QED) is 0.163. The van der Waals surface area contributed by atoms with E-state index in [1.165, 1.54) is 12.1 Å². The fraction of sp³-hybridized carbons (Fsp3) is 0.300. The number of likely N-dealkylation sites (N-methyl/N-ethyl adjacent to an activating group) is 2. The fourth-order valence-corrected chi connectivity index (χ4v) is 4.66. The predicted molar refractivity (Wildman–Crippen MR) is 164 cm³/mol. The SMILES string of the molecule is CCN(CC)CCN(C)Cc1ccc(C(=O)Nc2ccc(Br)cc2C(=O)NN=Cc2ccc(Cl)c(C(F)(F)F)c2)cc1. The Morgan fingerprint density at radius 2 is 1.67 bits per heavy atom. The highest BCUT2D eigenvalue weighted by molar-refractivity contribution is 9.10. The van der Waals surface area contributed by atoms with Gasteiger partial charge in [0.15, 0.2) is 0 Å². The van der Waals surface area contributed by atoms with Crippen LogP contribution in [0.5, 0.6) is 0 Å². The van der Waals surface area contributed by atoms with Gasteiger partial charge in [-0.05, 0) is 73.7 Å². The smallest absolute Gasteiger partial charge is 0.321 e. The van der Waals surface area contributed by atoms with Gasteiger partial charge in [0.25, 0.3) is 11.8 Å². The molecule has 12 heteroatoms. The number of alkyl halides is 3. The van der Waals surface area contributed by atoms with Crippen molar-refractivity contribution >= 4 is 51.2 Å². The summed E-state index contributed by atoms with van der Waals surface area (Å²) in [6, 6.07) is 15.3. The lowest BCUT2D eigenvalue weighted by molar-refractivity contribution is -0.137. The van der Waals surface area contributed by atoms with E-state index >= 15 is 0 Å². The normalized spacial score (nSPS) is 11.9. The van der Waals surface area contributed by atoms with Crippen LogP contribution in [0.2, 0.25) is 5.02 Å².